The highest BCUT2D eigenvalue weighted by molar-refractivity contribution is 9.10. The molecule has 11 heteroatoms. The minimum atomic E-state index is -3.85. The second kappa shape index (κ2) is 13.5. The van der Waals surface area contributed by atoms with Crippen LogP contribution in [-0.4, -0.2) is 50.5 Å². The maximum atomic E-state index is 13.9. The van der Waals surface area contributed by atoms with Gasteiger partial charge in [-0.1, -0.05) is 71.7 Å². The molecule has 3 aromatic rings. The number of hydrogen-bond donors (Lipinski definition) is 1. The van der Waals surface area contributed by atoms with E-state index in [0.29, 0.717) is 32.3 Å². The number of para-hydroxylation sites is 1. The average Bonchev–Trinajstić information content (AvgIpc) is 2.87. The van der Waals surface area contributed by atoms with Crippen molar-refractivity contribution in [3.8, 4) is 0 Å². The number of sulfonamides is 1. The zero-order chi connectivity index (χ0) is 27.9. The molecule has 0 bridgehead atoms. The van der Waals surface area contributed by atoms with Crippen LogP contribution in [0, 0.1) is 0 Å². The van der Waals surface area contributed by atoms with Crippen LogP contribution in [0.15, 0.2) is 77.3 Å². The standard InChI is InChI=1S/C27H28BrCl2N3O4S/c1-3-31-27(35)25(16-19-9-5-4-6-10-19)32(17-20-13-14-22(29)23(30)15-20)26(34)18-33(38(2,36)37)24-12-8-7-11-21(24)28/h4-15,25H,3,16-18H2,1-2H3,(H,31,35). The summed E-state index contributed by atoms with van der Waals surface area (Å²) in [6, 6.07) is 20.1. The van der Waals surface area contributed by atoms with Gasteiger partial charge in [-0.15, -0.1) is 0 Å². The molecule has 3 aromatic carbocycles. The van der Waals surface area contributed by atoms with E-state index in [9.17, 15) is 18.0 Å². The lowest BCUT2D eigenvalue weighted by Crippen LogP contribution is -2.53. The topological polar surface area (TPSA) is 86.8 Å². The fourth-order valence-electron chi connectivity index (χ4n) is 3.93. The number of nitrogens with one attached hydrogen (secondary N) is 1. The Bertz CT molecular complexity index is 1390. The Morgan fingerprint density at radius 2 is 1.61 bits per heavy atom. The zero-order valence-corrected chi connectivity index (χ0v) is 24.8. The number of likely N-dealkylation sites (N-methyl/N-ethyl adjacent to an activating group) is 1. The molecule has 7 nitrogen and oxygen atoms in total. The van der Waals surface area contributed by atoms with E-state index in [4.69, 9.17) is 23.2 Å². The predicted molar refractivity (Wildman–Crippen MR) is 156 cm³/mol. The number of carbonyl (C=O) groups excluding carboxylic acids is 2. The molecular weight excluding hydrogens is 613 g/mol. The molecule has 0 aliphatic heterocycles. The van der Waals surface area contributed by atoms with Crippen molar-refractivity contribution < 1.29 is 18.0 Å². The van der Waals surface area contributed by atoms with Crippen LogP contribution in [-0.2, 0) is 32.6 Å². The number of nitrogens with zero attached hydrogens (tertiary/aromatic N) is 2. The van der Waals surface area contributed by atoms with E-state index in [1.807, 2.05) is 30.3 Å². The van der Waals surface area contributed by atoms with Gasteiger partial charge in [0.1, 0.15) is 12.6 Å². The second-order valence-electron chi connectivity index (χ2n) is 8.59. The molecular formula is C27H28BrCl2N3O4S. The van der Waals surface area contributed by atoms with E-state index in [1.54, 1.807) is 49.4 Å². The third-order valence-electron chi connectivity index (χ3n) is 5.76. The summed E-state index contributed by atoms with van der Waals surface area (Å²) in [5.74, 6) is -0.902. The van der Waals surface area contributed by atoms with Crippen LogP contribution in [0.25, 0.3) is 0 Å². The molecule has 0 saturated heterocycles. The molecule has 0 spiro atoms. The lowest BCUT2D eigenvalue weighted by atomic mass is 10.0. The molecule has 2 amide bonds. The van der Waals surface area contributed by atoms with Gasteiger partial charge in [0.25, 0.3) is 0 Å². The summed E-state index contributed by atoms with van der Waals surface area (Å²) in [5, 5.41) is 3.47. The van der Waals surface area contributed by atoms with Crippen LogP contribution in [0.2, 0.25) is 10.0 Å². The van der Waals surface area contributed by atoms with Crippen LogP contribution in [0.1, 0.15) is 18.1 Å². The summed E-state index contributed by atoms with van der Waals surface area (Å²) >= 11 is 15.7. The number of hydrogen-bond acceptors (Lipinski definition) is 4. The first-order valence-corrected chi connectivity index (χ1v) is 15.2. The van der Waals surface area contributed by atoms with Crippen molar-refractivity contribution in [2.24, 2.45) is 0 Å². The van der Waals surface area contributed by atoms with Crippen molar-refractivity contribution in [3.05, 3.63) is 98.4 Å². The molecule has 0 heterocycles. The lowest BCUT2D eigenvalue weighted by Gasteiger charge is -2.33. The molecule has 3 rings (SSSR count). The number of rotatable bonds is 11. The molecule has 1 atom stereocenters. The third kappa shape index (κ3) is 7.96. The Labute approximate surface area is 241 Å². The van der Waals surface area contributed by atoms with Gasteiger partial charge in [0, 0.05) is 24.0 Å². The number of anilines is 1. The SMILES string of the molecule is CCNC(=O)C(Cc1ccccc1)N(Cc1ccc(Cl)c(Cl)c1)C(=O)CN(c1ccccc1Br)S(C)(=O)=O. The molecule has 0 saturated carbocycles. The fraction of sp³-hybridized carbons (Fsp3) is 0.259. The first-order chi connectivity index (χ1) is 18.0. The Balaban J connectivity index is 2.07. The van der Waals surface area contributed by atoms with Gasteiger partial charge in [0.15, 0.2) is 0 Å². The van der Waals surface area contributed by atoms with Gasteiger partial charge in [-0.3, -0.25) is 13.9 Å². The molecule has 38 heavy (non-hydrogen) atoms. The largest absolute Gasteiger partial charge is 0.355 e. The quantitative estimate of drug-likeness (QED) is 0.308. The third-order valence-corrected chi connectivity index (χ3v) is 8.30. The molecule has 0 aromatic heterocycles. The highest BCUT2D eigenvalue weighted by Gasteiger charge is 2.33. The van der Waals surface area contributed by atoms with Crippen molar-refractivity contribution in [1.29, 1.82) is 0 Å². The second-order valence-corrected chi connectivity index (χ2v) is 12.2. The van der Waals surface area contributed by atoms with Gasteiger partial charge in [0.05, 0.1) is 22.0 Å². The maximum Gasteiger partial charge on any atom is 0.244 e. The van der Waals surface area contributed by atoms with Gasteiger partial charge >= 0.3 is 0 Å². The summed E-state index contributed by atoms with van der Waals surface area (Å²) in [7, 11) is -3.85. The molecule has 202 valence electrons. The van der Waals surface area contributed by atoms with E-state index in [-0.39, 0.29) is 18.9 Å². The maximum absolute atomic E-state index is 13.9. The van der Waals surface area contributed by atoms with Crippen molar-refractivity contribution >= 4 is 66.7 Å². The van der Waals surface area contributed by atoms with Gasteiger partial charge in [-0.25, -0.2) is 8.42 Å². The van der Waals surface area contributed by atoms with E-state index < -0.39 is 28.5 Å². The normalized spacial score (nSPS) is 12.0. The molecule has 0 fully saturated rings. The summed E-state index contributed by atoms with van der Waals surface area (Å²) in [4.78, 5) is 28.7. The molecule has 1 unspecified atom stereocenters. The minimum Gasteiger partial charge on any atom is -0.355 e. The van der Waals surface area contributed by atoms with E-state index >= 15 is 0 Å². The Kier molecular flexibility index (Phi) is 10.6. The van der Waals surface area contributed by atoms with Crippen LogP contribution in [0.4, 0.5) is 5.69 Å². The van der Waals surface area contributed by atoms with Gasteiger partial charge < -0.3 is 10.2 Å². The highest BCUT2D eigenvalue weighted by atomic mass is 79.9. The van der Waals surface area contributed by atoms with Crippen molar-refractivity contribution in [2.75, 3.05) is 23.7 Å². The zero-order valence-electron chi connectivity index (χ0n) is 20.9. The van der Waals surface area contributed by atoms with Crippen molar-refractivity contribution in [1.82, 2.24) is 10.2 Å². The highest BCUT2D eigenvalue weighted by Crippen LogP contribution is 2.29. The van der Waals surface area contributed by atoms with E-state index in [2.05, 4.69) is 21.2 Å². The minimum absolute atomic E-state index is 0.0118. The van der Waals surface area contributed by atoms with Crippen LogP contribution in [0.3, 0.4) is 0 Å². The van der Waals surface area contributed by atoms with Crippen LogP contribution in [0.5, 0.6) is 0 Å². The molecule has 0 radical (unpaired) electrons. The first kappa shape index (κ1) is 30.0. The van der Waals surface area contributed by atoms with E-state index in [0.717, 1.165) is 16.1 Å². The fourth-order valence-corrected chi connectivity index (χ4v) is 5.73. The number of benzene rings is 3. The number of carbonyl (C=O) groups is 2. The van der Waals surface area contributed by atoms with Gasteiger partial charge in [0.2, 0.25) is 21.8 Å². The van der Waals surface area contributed by atoms with Gasteiger partial charge in [-0.2, -0.15) is 0 Å². The Morgan fingerprint density at radius 1 is 0.947 bits per heavy atom. The smallest absolute Gasteiger partial charge is 0.244 e. The molecule has 0 aliphatic carbocycles. The average molecular weight is 641 g/mol. The van der Waals surface area contributed by atoms with Crippen molar-refractivity contribution in [2.45, 2.75) is 25.9 Å². The number of halogens is 3. The van der Waals surface area contributed by atoms with Crippen molar-refractivity contribution in [3.63, 3.8) is 0 Å². The Hall–Kier alpha value is -2.59. The predicted octanol–water partition coefficient (Wildman–Crippen LogP) is 5.30. The summed E-state index contributed by atoms with van der Waals surface area (Å²) in [5.41, 5.74) is 1.80. The summed E-state index contributed by atoms with van der Waals surface area (Å²) < 4.78 is 27.1. The first-order valence-electron chi connectivity index (χ1n) is 11.8. The molecule has 0 aliphatic rings. The number of amides is 2. The van der Waals surface area contributed by atoms with E-state index in [1.165, 1.54) is 4.90 Å². The molecule has 1 N–H and O–H groups in total. The van der Waals surface area contributed by atoms with Crippen LogP contribution < -0.4 is 9.62 Å². The van der Waals surface area contributed by atoms with Crippen LogP contribution >= 0.6 is 39.1 Å². The summed E-state index contributed by atoms with van der Waals surface area (Å²) in [6.45, 7) is 1.66. The monoisotopic (exact) mass is 639 g/mol. The Morgan fingerprint density at radius 3 is 2.21 bits per heavy atom. The summed E-state index contributed by atoms with van der Waals surface area (Å²) in [6.07, 6.45) is 1.27. The van der Waals surface area contributed by atoms with Gasteiger partial charge in [-0.05, 0) is 58.2 Å². The lowest BCUT2D eigenvalue weighted by molar-refractivity contribution is -0.140.